The summed E-state index contributed by atoms with van der Waals surface area (Å²) in [6, 6.07) is 0. The Morgan fingerprint density at radius 1 is 0.727 bits per heavy atom. The number of rotatable bonds is 0. The first kappa shape index (κ1) is 29.4. The first-order chi connectivity index (χ1) is 4.24. The molecule has 0 aliphatic carbocycles. The van der Waals surface area contributed by atoms with Crippen LogP contribution in [0.3, 0.4) is 0 Å². The molecule has 0 amide bonds. The Morgan fingerprint density at radius 2 is 0.727 bits per heavy atom. The second kappa shape index (κ2) is 62.0. The maximum Gasteiger partial charge on any atom is 2.00 e. The number of hydrogen-bond donors (Lipinski definition) is 0. The first-order valence-electron chi connectivity index (χ1n) is 1.28. The van der Waals surface area contributed by atoms with Gasteiger partial charge in [-0.3, -0.25) is 0 Å². The zero-order chi connectivity index (χ0) is 8.12. The minimum absolute atomic E-state index is 0. The van der Waals surface area contributed by atoms with Gasteiger partial charge in [-0.2, -0.15) is 15.5 Å². The zero-order valence-electron chi connectivity index (χ0n) is 5.44. The van der Waals surface area contributed by atoms with E-state index in [1.165, 1.54) is 15.5 Å². The Morgan fingerprint density at radius 3 is 0.727 bits per heavy atom. The average molecular weight is 268 g/mol. The molecule has 0 aromatic carbocycles. The van der Waals surface area contributed by atoms with Gasteiger partial charge in [0.05, 0.1) is 0 Å². The number of thiocarbonyl (C=S) groups is 3. The molecule has 0 bridgehead atoms. The summed E-state index contributed by atoms with van der Waals surface area (Å²) in [5.41, 5.74) is 0. The summed E-state index contributed by atoms with van der Waals surface area (Å²) < 4.78 is 0. The quantitative estimate of drug-likeness (QED) is 0.321. The van der Waals surface area contributed by atoms with Crippen molar-refractivity contribution < 1.29 is 68.5 Å². The van der Waals surface area contributed by atoms with E-state index in [-0.39, 0.29) is 68.5 Å². The molecule has 0 aromatic heterocycles. The van der Waals surface area contributed by atoms with Crippen LogP contribution in [0.4, 0.5) is 0 Å². The van der Waals surface area contributed by atoms with Gasteiger partial charge in [-0.05, 0) is 0 Å². The van der Waals surface area contributed by atoms with Crippen LogP contribution in [-0.4, -0.2) is 15.5 Å². The topological polar surface area (TPSA) is 66.9 Å². The minimum Gasteiger partial charge on any atom is -0.753 e. The van der Waals surface area contributed by atoms with Crippen molar-refractivity contribution in [3.8, 4) is 0 Å². The molecular weight excluding hydrogens is 268 g/mol. The van der Waals surface area contributed by atoms with Gasteiger partial charge in [-0.15, -0.1) is 0 Å². The molecule has 0 rings (SSSR count). The van der Waals surface area contributed by atoms with Gasteiger partial charge in [0.2, 0.25) is 0 Å². The molecule has 0 aromatic rings. The maximum atomic E-state index is 7.13. The average Bonchev–Trinajstić information content (AvgIpc) is 1.70. The second-order valence-electron chi connectivity index (χ2n) is 0.274. The van der Waals surface area contributed by atoms with E-state index in [0.29, 0.717) is 0 Å². The van der Waals surface area contributed by atoms with Crippen molar-refractivity contribution in [1.29, 1.82) is 0 Å². The number of isothiocyanates is 3. The van der Waals surface area contributed by atoms with E-state index in [2.05, 4.69) is 36.7 Å². The summed E-state index contributed by atoms with van der Waals surface area (Å²) in [5.74, 6) is 0. The molecule has 0 heterocycles. The molecule has 1 radical (unpaired) electrons. The fourth-order valence-electron chi connectivity index (χ4n) is 0. The second-order valence-corrected chi connectivity index (χ2v) is 0.822. The molecule has 0 saturated heterocycles. The predicted octanol–water partition coefficient (Wildman–Crippen LogP) is -1.02. The summed E-state index contributed by atoms with van der Waals surface area (Å²) in [6.45, 7) is 0. The molecule has 0 aliphatic heterocycles. The van der Waals surface area contributed by atoms with E-state index in [0.717, 1.165) is 0 Å². The van der Waals surface area contributed by atoms with E-state index in [4.69, 9.17) is 16.2 Å². The molecule has 11 heavy (non-hydrogen) atoms. The summed E-state index contributed by atoms with van der Waals surface area (Å²) in [7, 11) is 0. The van der Waals surface area contributed by atoms with Crippen LogP contribution in [0.25, 0.3) is 16.2 Å². The molecule has 8 heteroatoms. The van der Waals surface area contributed by atoms with Crippen molar-refractivity contribution >= 4 is 52.1 Å². The molecule has 0 aliphatic rings. The third-order valence-corrected chi connectivity index (χ3v) is 0. The summed E-state index contributed by atoms with van der Waals surface area (Å²) >= 11 is 11.1. The van der Waals surface area contributed by atoms with Crippen LogP contribution in [-0.2, 0) is 17.1 Å². The fourth-order valence-corrected chi connectivity index (χ4v) is 0. The van der Waals surface area contributed by atoms with Gasteiger partial charge in [0, 0.05) is 0 Å². The number of hydrogen-bond acceptors (Lipinski definition) is 3. The van der Waals surface area contributed by atoms with E-state index in [1.54, 1.807) is 0 Å². The smallest absolute Gasteiger partial charge is 0.753 e. The molecular formula is C3KMnN3S3. The van der Waals surface area contributed by atoms with E-state index in [1.807, 2.05) is 0 Å². The Balaban J connectivity index is -0.0000000150. The fraction of sp³-hybridized carbons (Fsp3) is 0. The zero-order valence-corrected chi connectivity index (χ0v) is 12.2. The van der Waals surface area contributed by atoms with Crippen LogP contribution in [0, 0.1) is 0 Å². The molecule has 0 N–H and O–H groups in total. The normalized spacial score (nSPS) is 2.18. The maximum absolute atomic E-state index is 7.13. The van der Waals surface area contributed by atoms with Crippen molar-refractivity contribution in [2.45, 2.75) is 0 Å². The molecule has 53 valence electrons. The van der Waals surface area contributed by atoms with E-state index in [9.17, 15) is 0 Å². The van der Waals surface area contributed by atoms with Crippen molar-refractivity contribution in [2.24, 2.45) is 0 Å². The summed E-state index contributed by atoms with van der Waals surface area (Å²) in [4.78, 5) is 0. The van der Waals surface area contributed by atoms with Crippen LogP contribution in [0.15, 0.2) is 0 Å². The van der Waals surface area contributed by atoms with E-state index < -0.39 is 0 Å². The Labute approximate surface area is 134 Å². The predicted molar refractivity (Wildman–Crippen MR) is 47.9 cm³/mol. The van der Waals surface area contributed by atoms with Crippen molar-refractivity contribution in [3.05, 3.63) is 16.2 Å². The van der Waals surface area contributed by atoms with Crippen LogP contribution in [0.5, 0.6) is 0 Å². The van der Waals surface area contributed by atoms with Crippen LogP contribution in [0.1, 0.15) is 0 Å². The van der Waals surface area contributed by atoms with Gasteiger partial charge in [-0.25, -0.2) is 0 Å². The van der Waals surface area contributed by atoms with E-state index >= 15 is 0 Å². The number of nitrogens with zero attached hydrogens (tertiary/aromatic N) is 3. The molecule has 3 nitrogen and oxygen atoms in total. The Bertz CT molecular complexity index is 115. The molecule has 0 unspecified atom stereocenters. The van der Waals surface area contributed by atoms with Crippen molar-refractivity contribution in [1.82, 2.24) is 0 Å². The Kier molecular flexibility index (Phi) is 166. The molecule has 0 fully saturated rings. The third-order valence-electron chi connectivity index (χ3n) is 0. The van der Waals surface area contributed by atoms with Gasteiger partial charge < -0.3 is 16.2 Å². The largest absolute Gasteiger partial charge is 2.00 e. The molecule has 0 spiro atoms. The van der Waals surface area contributed by atoms with Gasteiger partial charge >= 0.3 is 68.5 Å². The molecule has 0 atom stereocenters. The van der Waals surface area contributed by atoms with Crippen LogP contribution < -0.4 is 51.4 Å². The molecule has 0 saturated carbocycles. The van der Waals surface area contributed by atoms with Gasteiger partial charge in [0.15, 0.2) is 0 Å². The summed E-state index contributed by atoms with van der Waals surface area (Å²) in [6.07, 6.45) is 0. The standard InChI is InChI=1S/3CNS.K.Mn/c3*2-1-3;;/q3*-1;+1;+2. The van der Waals surface area contributed by atoms with Gasteiger partial charge in [0.1, 0.15) is 0 Å². The first-order valence-corrected chi connectivity index (χ1v) is 2.51. The van der Waals surface area contributed by atoms with Crippen molar-refractivity contribution in [2.75, 3.05) is 0 Å². The van der Waals surface area contributed by atoms with Crippen LogP contribution >= 0.6 is 36.7 Å². The SMILES string of the molecule is [K+].[Mn+2].[N-]=C=S.[N-]=C=S.[N-]=C=S. The summed E-state index contributed by atoms with van der Waals surface area (Å²) in [5, 5.41) is 25.4. The monoisotopic (exact) mass is 268 g/mol. The Hall–Kier alpha value is 1.56. The third kappa shape index (κ3) is 436. The minimum atomic E-state index is 0. The van der Waals surface area contributed by atoms with Crippen LogP contribution in [0.2, 0.25) is 0 Å². The van der Waals surface area contributed by atoms with Gasteiger partial charge in [-0.1, -0.05) is 36.7 Å². The van der Waals surface area contributed by atoms with Crippen molar-refractivity contribution in [3.63, 3.8) is 0 Å². The van der Waals surface area contributed by atoms with Gasteiger partial charge in [0.25, 0.3) is 0 Å².